The second-order valence-corrected chi connectivity index (χ2v) is 8.32. The number of rotatable bonds is 3. The second kappa shape index (κ2) is 6.14. The third-order valence-electron chi connectivity index (χ3n) is 6.58. The number of nitrogens with zero attached hydrogens (tertiary/aromatic N) is 4. The molecule has 5 rings (SSSR count). The molecule has 1 aliphatic heterocycles. The molecule has 0 radical (unpaired) electrons. The van der Waals surface area contributed by atoms with Gasteiger partial charge in [-0.3, -0.25) is 9.88 Å². The van der Waals surface area contributed by atoms with E-state index in [4.69, 9.17) is 0 Å². The topological polar surface area (TPSA) is 53.7 Å². The van der Waals surface area contributed by atoms with E-state index in [9.17, 15) is 5.11 Å². The number of aryl methyl sites for hydroxylation is 2. The molecule has 1 saturated heterocycles. The summed E-state index contributed by atoms with van der Waals surface area (Å²) in [6.45, 7) is 6.95. The van der Waals surface area contributed by atoms with Crippen LogP contribution in [-0.2, 0) is 12.1 Å². The van der Waals surface area contributed by atoms with Gasteiger partial charge in [-0.2, -0.15) is 0 Å². The van der Waals surface area contributed by atoms with Crippen LogP contribution in [-0.4, -0.2) is 37.5 Å². The molecule has 4 heterocycles. The zero-order chi connectivity index (χ0) is 18.6. The highest BCUT2D eigenvalue weighted by atomic mass is 16.3. The van der Waals surface area contributed by atoms with Gasteiger partial charge in [-0.1, -0.05) is 12.1 Å². The monoisotopic (exact) mass is 362 g/mol. The zero-order valence-corrected chi connectivity index (χ0v) is 16.0. The van der Waals surface area contributed by atoms with Crippen LogP contribution in [0.3, 0.4) is 0 Å². The molecule has 2 aliphatic rings. The van der Waals surface area contributed by atoms with Crippen LogP contribution in [0.1, 0.15) is 35.5 Å². The Morgan fingerprint density at radius 1 is 1.19 bits per heavy atom. The molecule has 27 heavy (non-hydrogen) atoms. The Labute approximate surface area is 159 Å². The van der Waals surface area contributed by atoms with Crippen molar-refractivity contribution in [1.29, 1.82) is 0 Å². The number of likely N-dealkylation sites (tertiary alicyclic amines) is 1. The van der Waals surface area contributed by atoms with Gasteiger partial charge in [-0.05, 0) is 56.4 Å². The van der Waals surface area contributed by atoms with Crippen molar-refractivity contribution < 1.29 is 5.11 Å². The Morgan fingerprint density at radius 3 is 2.89 bits per heavy atom. The van der Waals surface area contributed by atoms with Gasteiger partial charge < -0.3 is 9.51 Å². The molecule has 3 atom stereocenters. The Balaban J connectivity index is 1.39. The molecule has 0 aromatic carbocycles. The number of hydrogen-bond acceptors (Lipinski definition) is 4. The molecule has 0 spiro atoms. The lowest BCUT2D eigenvalue weighted by molar-refractivity contribution is -0.0109. The fourth-order valence-corrected chi connectivity index (χ4v) is 5.12. The van der Waals surface area contributed by atoms with E-state index in [1.807, 2.05) is 25.3 Å². The summed E-state index contributed by atoms with van der Waals surface area (Å²) in [6, 6.07) is 10.2. The van der Waals surface area contributed by atoms with E-state index in [-0.39, 0.29) is 5.92 Å². The lowest BCUT2D eigenvalue weighted by atomic mass is 9.85. The van der Waals surface area contributed by atoms with Crippen molar-refractivity contribution >= 4 is 5.65 Å². The predicted molar refractivity (Wildman–Crippen MR) is 104 cm³/mol. The quantitative estimate of drug-likeness (QED) is 0.778. The molecule has 0 amide bonds. The molecule has 1 aliphatic carbocycles. The van der Waals surface area contributed by atoms with Crippen molar-refractivity contribution in [1.82, 2.24) is 19.3 Å². The molecule has 3 aromatic rings. The Morgan fingerprint density at radius 2 is 2.07 bits per heavy atom. The van der Waals surface area contributed by atoms with Crippen LogP contribution in [0, 0.1) is 25.7 Å². The first-order valence-corrected chi connectivity index (χ1v) is 9.85. The minimum atomic E-state index is -0.790. The van der Waals surface area contributed by atoms with E-state index in [0.717, 1.165) is 55.1 Å². The molecule has 1 N–H and O–H groups in total. The molecule has 2 fully saturated rings. The molecular formula is C22H26N4O. The summed E-state index contributed by atoms with van der Waals surface area (Å²) >= 11 is 0. The van der Waals surface area contributed by atoms with Crippen molar-refractivity contribution in [3.63, 3.8) is 0 Å². The number of fused-ring (bicyclic) bond motifs is 2. The summed E-state index contributed by atoms with van der Waals surface area (Å²) in [5.41, 5.74) is 4.53. The first-order valence-electron chi connectivity index (χ1n) is 9.85. The van der Waals surface area contributed by atoms with Crippen LogP contribution < -0.4 is 0 Å². The molecular weight excluding hydrogens is 336 g/mol. The summed E-state index contributed by atoms with van der Waals surface area (Å²) in [7, 11) is 0. The van der Waals surface area contributed by atoms with Crippen LogP contribution >= 0.6 is 0 Å². The van der Waals surface area contributed by atoms with Crippen LogP contribution in [0.5, 0.6) is 0 Å². The maximum absolute atomic E-state index is 11.5. The van der Waals surface area contributed by atoms with Gasteiger partial charge in [-0.25, -0.2) is 4.98 Å². The molecule has 0 bridgehead atoms. The van der Waals surface area contributed by atoms with Crippen LogP contribution in [0.2, 0.25) is 0 Å². The predicted octanol–water partition coefficient (Wildman–Crippen LogP) is 3.08. The van der Waals surface area contributed by atoms with Gasteiger partial charge in [0.05, 0.1) is 17.1 Å². The highest BCUT2D eigenvalue weighted by Gasteiger charge is 2.53. The largest absolute Gasteiger partial charge is 0.383 e. The number of aliphatic hydroxyl groups is 1. The van der Waals surface area contributed by atoms with Gasteiger partial charge in [0, 0.05) is 37.9 Å². The number of aromatic nitrogens is 3. The second-order valence-electron chi connectivity index (χ2n) is 8.32. The molecule has 1 saturated carbocycles. The normalized spacial score (nSPS) is 28.1. The SMILES string of the molecule is Cc1ccc([C@@]2(O)CC[C@@H]3CN(Cc4c(C)nc5ccccn45)C[C@@H]32)nc1. The summed E-state index contributed by atoms with van der Waals surface area (Å²) in [5.74, 6) is 0.796. The van der Waals surface area contributed by atoms with Crippen LogP contribution in [0.25, 0.3) is 5.65 Å². The number of pyridine rings is 2. The van der Waals surface area contributed by atoms with Crippen molar-refractivity contribution in [3.05, 3.63) is 65.4 Å². The highest BCUT2D eigenvalue weighted by molar-refractivity contribution is 5.42. The molecule has 140 valence electrons. The third kappa shape index (κ3) is 2.68. The summed E-state index contributed by atoms with van der Waals surface area (Å²) in [5, 5.41) is 11.5. The molecule has 0 unspecified atom stereocenters. The average Bonchev–Trinajstić information content (AvgIpc) is 3.31. The minimum absolute atomic E-state index is 0.257. The Hall–Kier alpha value is -2.24. The smallest absolute Gasteiger partial charge is 0.137 e. The first-order chi connectivity index (χ1) is 13.0. The Kier molecular flexibility index (Phi) is 3.85. The fraction of sp³-hybridized carbons (Fsp3) is 0.455. The summed E-state index contributed by atoms with van der Waals surface area (Å²) in [4.78, 5) is 11.7. The van der Waals surface area contributed by atoms with Gasteiger partial charge in [-0.15, -0.1) is 0 Å². The van der Waals surface area contributed by atoms with E-state index >= 15 is 0 Å². The standard InChI is InChI=1S/C22H26N4O/c1-15-6-7-20(23-11-15)22(27)9-8-17-12-25(13-18(17)22)14-19-16(2)24-21-5-3-4-10-26(19)21/h3-7,10-11,17-18,27H,8-9,12-14H2,1-2H3/t17-,18+,22-/m1/s1. The van der Waals surface area contributed by atoms with Gasteiger partial charge in [0.1, 0.15) is 11.2 Å². The third-order valence-corrected chi connectivity index (χ3v) is 6.58. The summed E-state index contributed by atoms with van der Waals surface area (Å²) in [6.07, 6.45) is 5.85. The van der Waals surface area contributed by atoms with Gasteiger partial charge in [0.2, 0.25) is 0 Å². The average molecular weight is 362 g/mol. The molecule has 5 heteroatoms. The minimum Gasteiger partial charge on any atom is -0.383 e. The highest BCUT2D eigenvalue weighted by Crippen LogP contribution is 2.50. The van der Waals surface area contributed by atoms with E-state index in [1.54, 1.807) is 0 Å². The van der Waals surface area contributed by atoms with Crippen LogP contribution in [0.4, 0.5) is 0 Å². The molecule has 5 nitrogen and oxygen atoms in total. The van der Waals surface area contributed by atoms with Crippen molar-refractivity contribution in [2.75, 3.05) is 13.1 Å². The van der Waals surface area contributed by atoms with E-state index in [0.29, 0.717) is 5.92 Å². The van der Waals surface area contributed by atoms with Crippen molar-refractivity contribution in [3.8, 4) is 0 Å². The lowest BCUT2D eigenvalue weighted by Crippen LogP contribution is -2.35. The summed E-state index contributed by atoms with van der Waals surface area (Å²) < 4.78 is 2.19. The van der Waals surface area contributed by atoms with E-state index in [1.165, 1.54) is 5.69 Å². The van der Waals surface area contributed by atoms with E-state index in [2.05, 4.69) is 50.6 Å². The Bertz CT molecular complexity index is 980. The lowest BCUT2D eigenvalue weighted by Gasteiger charge is -2.29. The number of imidazole rings is 1. The van der Waals surface area contributed by atoms with Gasteiger partial charge in [0.25, 0.3) is 0 Å². The maximum atomic E-state index is 11.5. The molecule has 3 aromatic heterocycles. The van der Waals surface area contributed by atoms with Gasteiger partial charge in [0.15, 0.2) is 0 Å². The number of hydrogen-bond donors (Lipinski definition) is 1. The first kappa shape index (κ1) is 16.9. The van der Waals surface area contributed by atoms with Crippen molar-refractivity contribution in [2.45, 2.75) is 38.8 Å². The zero-order valence-electron chi connectivity index (χ0n) is 16.0. The van der Waals surface area contributed by atoms with Crippen LogP contribution in [0.15, 0.2) is 42.7 Å². The van der Waals surface area contributed by atoms with E-state index < -0.39 is 5.60 Å². The van der Waals surface area contributed by atoms with Gasteiger partial charge >= 0.3 is 0 Å². The van der Waals surface area contributed by atoms with Crippen molar-refractivity contribution in [2.24, 2.45) is 11.8 Å². The fourth-order valence-electron chi connectivity index (χ4n) is 5.12. The maximum Gasteiger partial charge on any atom is 0.137 e.